The lowest BCUT2D eigenvalue weighted by Crippen LogP contribution is -2.55. The number of sulfonamides is 1. The van der Waals surface area contributed by atoms with Crippen LogP contribution in [0.15, 0.2) is 70.0 Å². The zero-order valence-corrected chi connectivity index (χ0v) is 18.7. The van der Waals surface area contributed by atoms with Crippen LogP contribution in [0.1, 0.15) is 15.2 Å². The summed E-state index contributed by atoms with van der Waals surface area (Å²) in [5.41, 5.74) is 3.98. The third kappa shape index (κ3) is 3.51. The van der Waals surface area contributed by atoms with Gasteiger partial charge in [0.25, 0.3) is 15.9 Å². The number of carbonyl (C=O) groups is 2. The number of fused-ring (bicyclic) bond motifs is 2. The second kappa shape index (κ2) is 7.82. The highest BCUT2D eigenvalue weighted by Gasteiger charge is 2.45. The molecule has 2 aromatic carbocycles. The Hall–Kier alpha value is -3.05. The van der Waals surface area contributed by atoms with Crippen LogP contribution in [0, 0.1) is 5.92 Å². The maximum Gasteiger partial charge on any atom is 0.286 e. The number of halogens is 1. The van der Waals surface area contributed by atoms with E-state index in [-0.39, 0.29) is 22.0 Å². The smallest absolute Gasteiger partial charge is 0.286 e. The van der Waals surface area contributed by atoms with Gasteiger partial charge >= 0.3 is 0 Å². The quantitative estimate of drug-likeness (QED) is 0.547. The Morgan fingerprint density at radius 3 is 2.59 bits per heavy atom. The summed E-state index contributed by atoms with van der Waals surface area (Å²) in [5, 5.41) is 4.14. The van der Waals surface area contributed by atoms with Crippen LogP contribution >= 0.6 is 22.9 Å². The van der Waals surface area contributed by atoms with Gasteiger partial charge < -0.3 is 5.32 Å². The number of benzene rings is 2. The lowest BCUT2D eigenvalue weighted by atomic mass is 9.90. The number of amides is 1. The molecular weight excluding hydrogens is 472 g/mol. The summed E-state index contributed by atoms with van der Waals surface area (Å²) in [7, 11) is -4.07. The molecule has 5 rings (SSSR count). The van der Waals surface area contributed by atoms with Gasteiger partial charge in [0, 0.05) is 10.4 Å². The van der Waals surface area contributed by atoms with Gasteiger partial charge in [-0.1, -0.05) is 35.9 Å². The first-order valence-electron chi connectivity index (χ1n) is 9.51. The first kappa shape index (κ1) is 20.8. The Morgan fingerprint density at radius 2 is 1.81 bits per heavy atom. The van der Waals surface area contributed by atoms with Gasteiger partial charge in [-0.05, 0) is 36.4 Å². The topological polar surface area (TPSA) is 108 Å². The van der Waals surface area contributed by atoms with Crippen LogP contribution < -0.4 is 15.8 Å². The van der Waals surface area contributed by atoms with E-state index in [9.17, 15) is 18.0 Å². The van der Waals surface area contributed by atoms with Crippen LogP contribution in [0.25, 0.3) is 0 Å². The lowest BCUT2D eigenvalue weighted by Gasteiger charge is -2.34. The van der Waals surface area contributed by atoms with Crippen molar-refractivity contribution < 1.29 is 18.0 Å². The molecule has 0 fully saturated rings. The van der Waals surface area contributed by atoms with Crippen molar-refractivity contribution in [1.82, 2.24) is 5.43 Å². The zero-order valence-electron chi connectivity index (χ0n) is 16.3. The number of nitrogens with one attached hydrogen (secondary N) is 2. The van der Waals surface area contributed by atoms with Gasteiger partial charge in [-0.15, -0.1) is 15.7 Å². The molecule has 3 heterocycles. The molecule has 162 valence electrons. The predicted octanol–water partition coefficient (Wildman–Crippen LogP) is 3.46. The number of anilines is 2. The highest BCUT2D eigenvalue weighted by molar-refractivity contribution is 7.90. The van der Waals surface area contributed by atoms with Crippen LogP contribution in [-0.2, 0) is 21.4 Å². The van der Waals surface area contributed by atoms with Crippen LogP contribution in [0.3, 0.4) is 0 Å². The lowest BCUT2D eigenvalue weighted by molar-refractivity contribution is -0.120. The molecule has 0 saturated carbocycles. The number of para-hydroxylation sites is 2. The molecule has 11 heteroatoms. The fraction of sp³-hybridized carbons (Fsp3) is 0.0952. The third-order valence-corrected chi connectivity index (χ3v) is 7.68. The van der Waals surface area contributed by atoms with E-state index in [1.54, 1.807) is 48.5 Å². The van der Waals surface area contributed by atoms with Crippen molar-refractivity contribution in [3.63, 3.8) is 0 Å². The second-order valence-corrected chi connectivity index (χ2v) is 10.5. The zero-order chi connectivity index (χ0) is 22.5. The summed E-state index contributed by atoms with van der Waals surface area (Å²) in [6.45, 7) is 0.291. The number of thiophene rings is 1. The Labute approximate surface area is 192 Å². The molecule has 0 bridgehead atoms. The van der Waals surface area contributed by atoms with E-state index < -0.39 is 27.6 Å². The van der Waals surface area contributed by atoms with E-state index in [1.165, 1.54) is 22.4 Å². The van der Waals surface area contributed by atoms with Crippen molar-refractivity contribution in [3.05, 3.63) is 75.4 Å². The summed E-state index contributed by atoms with van der Waals surface area (Å²) in [4.78, 5) is 27.6. The number of rotatable bonds is 4. The van der Waals surface area contributed by atoms with Crippen LogP contribution in [0.4, 0.5) is 11.4 Å². The van der Waals surface area contributed by atoms with Crippen LogP contribution in [-0.4, -0.2) is 25.9 Å². The molecule has 2 aliphatic heterocycles. The summed E-state index contributed by atoms with van der Waals surface area (Å²) < 4.78 is 29.8. The summed E-state index contributed by atoms with van der Waals surface area (Å²) in [5.74, 6) is -2.81. The molecular formula is C21H15ClN4O4S2. The number of hydrogen-bond donors (Lipinski definition) is 2. The van der Waals surface area contributed by atoms with Crippen molar-refractivity contribution in [3.8, 4) is 0 Å². The van der Waals surface area contributed by atoms with E-state index in [4.69, 9.17) is 11.6 Å². The van der Waals surface area contributed by atoms with Crippen LogP contribution in [0.5, 0.6) is 0 Å². The van der Waals surface area contributed by atoms with Crippen molar-refractivity contribution in [1.29, 1.82) is 0 Å². The SMILES string of the molecule is O=C1c2ccccc2N(NCc2ccc(Cl)s2)C(=O)C1C1=NS(=O)(=O)c2ccccc2N1. The van der Waals surface area contributed by atoms with Gasteiger partial charge in [0.2, 0.25) is 0 Å². The van der Waals surface area contributed by atoms with Gasteiger partial charge in [-0.2, -0.15) is 8.42 Å². The molecule has 1 unspecified atom stereocenters. The van der Waals surface area contributed by atoms with E-state index in [0.717, 1.165) is 4.88 Å². The standard InChI is InChI=1S/C21H15ClN4O4S2/c22-17-10-9-12(31-17)11-23-26-15-7-3-1-5-13(15)19(27)18(21(26)28)20-24-14-6-2-4-8-16(14)32(29,30)25-20/h1-10,18,23H,11H2,(H,24,25). The fourth-order valence-corrected chi connectivity index (χ4v) is 5.84. The molecule has 1 atom stereocenters. The number of nitrogens with zero attached hydrogens (tertiary/aromatic N) is 2. The van der Waals surface area contributed by atoms with Crippen molar-refractivity contribution in [2.45, 2.75) is 11.4 Å². The molecule has 32 heavy (non-hydrogen) atoms. The molecule has 3 aromatic rings. The molecule has 1 amide bonds. The van der Waals surface area contributed by atoms with E-state index in [2.05, 4.69) is 15.1 Å². The Morgan fingerprint density at radius 1 is 1.06 bits per heavy atom. The summed E-state index contributed by atoms with van der Waals surface area (Å²) >= 11 is 7.35. The average molecular weight is 487 g/mol. The summed E-state index contributed by atoms with van der Waals surface area (Å²) in [6.07, 6.45) is 0. The fourth-order valence-electron chi connectivity index (χ4n) is 3.66. The Bertz CT molecular complexity index is 1400. The minimum atomic E-state index is -4.07. The number of hydrazine groups is 1. The predicted molar refractivity (Wildman–Crippen MR) is 123 cm³/mol. The van der Waals surface area contributed by atoms with Gasteiger partial charge in [0.1, 0.15) is 10.7 Å². The van der Waals surface area contributed by atoms with Crippen molar-refractivity contribution >= 4 is 61.9 Å². The third-order valence-electron chi connectivity index (χ3n) is 5.10. The maximum atomic E-state index is 13.5. The highest BCUT2D eigenvalue weighted by atomic mass is 35.5. The first-order chi connectivity index (χ1) is 15.3. The van der Waals surface area contributed by atoms with E-state index in [0.29, 0.717) is 16.6 Å². The number of hydrogen-bond acceptors (Lipinski definition) is 7. The molecule has 8 nitrogen and oxygen atoms in total. The molecule has 0 radical (unpaired) electrons. The van der Waals surface area contributed by atoms with Crippen molar-refractivity contribution in [2.75, 3.05) is 10.3 Å². The van der Waals surface area contributed by atoms with Gasteiger partial charge in [-0.3, -0.25) is 9.59 Å². The highest BCUT2D eigenvalue weighted by Crippen LogP contribution is 2.34. The van der Waals surface area contributed by atoms with Gasteiger partial charge in [-0.25, -0.2) is 10.4 Å². The largest absolute Gasteiger partial charge is 0.341 e. The normalized spacial score (nSPS) is 19.1. The monoisotopic (exact) mass is 486 g/mol. The molecule has 2 N–H and O–H groups in total. The van der Waals surface area contributed by atoms with Crippen LogP contribution in [0.2, 0.25) is 4.34 Å². The number of Topliss-reactive ketones (excluding diaryl/α,β-unsaturated/α-hetero) is 1. The maximum absolute atomic E-state index is 13.5. The minimum Gasteiger partial charge on any atom is -0.341 e. The molecule has 0 spiro atoms. The molecule has 0 aliphatic carbocycles. The Kier molecular flexibility index (Phi) is 5.09. The Balaban J connectivity index is 1.54. The van der Waals surface area contributed by atoms with E-state index in [1.807, 2.05) is 6.07 Å². The van der Waals surface area contributed by atoms with E-state index >= 15 is 0 Å². The second-order valence-electron chi connectivity index (χ2n) is 7.10. The minimum absolute atomic E-state index is 0.00980. The molecule has 1 aromatic heterocycles. The van der Waals surface area contributed by atoms with Gasteiger partial charge in [0.05, 0.1) is 22.3 Å². The molecule has 2 aliphatic rings. The first-order valence-corrected chi connectivity index (χ1v) is 12.1. The van der Waals surface area contributed by atoms with Gasteiger partial charge in [0.15, 0.2) is 11.7 Å². The molecule has 0 saturated heterocycles. The number of amidine groups is 1. The number of ketones is 1. The summed E-state index contributed by atoms with van der Waals surface area (Å²) in [6, 6.07) is 16.4. The van der Waals surface area contributed by atoms with Crippen molar-refractivity contribution in [2.24, 2.45) is 10.3 Å². The number of carbonyl (C=O) groups excluding carboxylic acids is 2. The average Bonchev–Trinajstić information content (AvgIpc) is 3.18.